The average molecular weight is 256 g/mol. The number of nitrogens with one attached hydrogen (secondary N) is 2. The van der Waals surface area contributed by atoms with Crippen LogP contribution in [0.4, 0.5) is 5.69 Å². The van der Waals surface area contributed by atoms with E-state index < -0.39 is 5.84 Å². The Balaban J connectivity index is 2.34. The van der Waals surface area contributed by atoms with Crippen molar-refractivity contribution in [2.45, 2.75) is 0 Å². The number of hydrazone groups is 1. The SMILES string of the molecule is N#C/C(=N\Nc1cc2c(cc1C#N)OCO2)C(=N)N. The fourth-order valence-corrected chi connectivity index (χ4v) is 1.39. The lowest BCUT2D eigenvalue weighted by Crippen LogP contribution is -2.21. The number of anilines is 1. The number of nitrogens with two attached hydrogens (primary N) is 1. The predicted molar refractivity (Wildman–Crippen MR) is 65.9 cm³/mol. The molecule has 0 aliphatic carbocycles. The van der Waals surface area contributed by atoms with Crippen molar-refractivity contribution in [1.29, 1.82) is 15.9 Å². The van der Waals surface area contributed by atoms with Crippen LogP contribution in [0.3, 0.4) is 0 Å². The van der Waals surface area contributed by atoms with Crippen molar-refractivity contribution in [1.82, 2.24) is 0 Å². The fourth-order valence-electron chi connectivity index (χ4n) is 1.39. The summed E-state index contributed by atoms with van der Waals surface area (Å²) in [5.74, 6) is 0.477. The van der Waals surface area contributed by atoms with Crippen molar-refractivity contribution < 1.29 is 9.47 Å². The molecule has 0 aromatic heterocycles. The summed E-state index contributed by atoms with van der Waals surface area (Å²) in [5.41, 5.74) is 8.00. The maximum absolute atomic E-state index is 9.01. The smallest absolute Gasteiger partial charge is 0.231 e. The van der Waals surface area contributed by atoms with Gasteiger partial charge in [-0.05, 0) is 0 Å². The Bertz CT molecular complexity index is 652. The third kappa shape index (κ3) is 2.37. The molecular weight excluding hydrogens is 248 g/mol. The molecule has 1 aliphatic rings. The second-order valence-electron chi connectivity index (χ2n) is 3.46. The summed E-state index contributed by atoms with van der Waals surface area (Å²) in [5, 5.41) is 28.5. The summed E-state index contributed by atoms with van der Waals surface area (Å²) in [7, 11) is 0. The van der Waals surface area contributed by atoms with Gasteiger partial charge < -0.3 is 15.2 Å². The number of amidine groups is 1. The van der Waals surface area contributed by atoms with E-state index in [0.29, 0.717) is 17.2 Å². The maximum Gasteiger partial charge on any atom is 0.231 e. The molecular formula is C11H8N6O2. The highest BCUT2D eigenvalue weighted by atomic mass is 16.7. The van der Waals surface area contributed by atoms with E-state index in [4.69, 9.17) is 31.1 Å². The first-order chi connectivity index (χ1) is 9.15. The molecule has 1 aromatic carbocycles. The molecule has 0 fully saturated rings. The normalized spacial score (nSPS) is 12.4. The van der Waals surface area contributed by atoms with E-state index in [2.05, 4.69) is 10.5 Å². The quantitative estimate of drug-likeness (QED) is 0.409. The van der Waals surface area contributed by atoms with Gasteiger partial charge in [-0.2, -0.15) is 15.6 Å². The van der Waals surface area contributed by atoms with Crippen molar-refractivity contribution in [3.63, 3.8) is 0 Å². The highest BCUT2D eigenvalue weighted by Gasteiger charge is 2.17. The number of nitriles is 2. The van der Waals surface area contributed by atoms with Crippen molar-refractivity contribution in [3.8, 4) is 23.6 Å². The molecule has 19 heavy (non-hydrogen) atoms. The molecule has 94 valence electrons. The molecule has 8 nitrogen and oxygen atoms in total. The number of hydrogen-bond acceptors (Lipinski definition) is 7. The van der Waals surface area contributed by atoms with E-state index in [9.17, 15) is 0 Å². The molecule has 2 rings (SSSR count). The van der Waals surface area contributed by atoms with Crippen LogP contribution in [0.25, 0.3) is 0 Å². The van der Waals surface area contributed by atoms with E-state index in [1.807, 2.05) is 6.07 Å². The van der Waals surface area contributed by atoms with Crippen LogP contribution in [0.1, 0.15) is 5.56 Å². The summed E-state index contributed by atoms with van der Waals surface area (Å²) < 4.78 is 10.3. The van der Waals surface area contributed by atoms with Crippen molar-refractivity contribution in [2.24, 2.45) is 10.8 Å². The Hall–Kier alpha value is -3.26. The molecule has 0 spiro atoms. The molecule has 0 amide bonds. The van der Waals surface area contributed by atoms with E-state index >= 15 is 0 Å². The topological polar surface area (TPSA) is 140 Å². The Morgan fingerprint density at radius 2 is 2.05 bits per heavy atom. The summed E-state index contributed by atoms with van der Waals surface area (Å²) >= 11 is 0. The van der Waals surface area contributed by atoms with Crippen LogP contribution in [0.2, 0.25) is 0 Å². The average Bonchev–Trinajstić information content (AvgIpc) is 2.85. The Morgan fingerprint density at radius 3 is 2.63 bits per heavy atom. The summed E-state index contributed by atoms with van der Waals surface area (Å²) in [6.45, 7) is 0.0871. The van der Waals surface area contributed by atoms with Gasteiger partial charge >= 0.3 is 0 Å². The fraction of sp³-hybridized carbons (Fsp3) is 0.0909. The molecule has 0 saturated heterocycles. The van der Waals surface area contributed by atoms with Gasteiger partial charge in [-0.25, -0.2) is 0 Å². The lowest BCUT2D eigenvalue weighted by Gasteiger charge is -2.05. The minimum Gasteiger partial charge on any atom is -0.454 e. The molecule has 0 saturated carbocycles. The number of ether oxygens (including phenoxy) is 2. The molecule has 1 aromatic rings. The van der Waals surface area contributed by atoms with Gasteiger partial charge in [0.15, 0.2) is 17.3 Å². The second-order valence-corrected chi connectivity index (χ2v) is 3.46. The van der Waals surface area contributed by atoms with Gasteiger partial charge in [-0.15, -0.1) is 0 Å². The molecule has 1 heterocycles. The van der Waals surface area contributed by atoms with Crippen molar-refractivity contribution in [3.05, 3.63) is 17.7 Å². The van der Waals surface area contributed by atoms with E-state index in [1.54, 1.807) is 6.07 Å². The number of rotatable bonds is 3. The van der Waals surface area contributed by atoms with Crippen LogP contribution >= 0.6 is 0 Å². The summed E-state index contributed by atoms with van der Waals surface area (Å²) in [4.78, 5) is 0. The predicted octanol–water partition coefficient (Wildman–Crippen LogP) is 0.514. The van der Waals surface area contributed by atoms with Gasteiger partial charge in [-0.1, -0.05) is 0 Å². The van der Waals surface area contributed by atoms with Gasteiger partial charge in [0.2, 0.25) is 12.5 Å². The Labute approximate surface area is 108 Å². The van der Waals surface area contributed by atoms with Gasteiger partial charge in [-0.3, -0.25) is 10.8 Å². The zero-order chi connectivity index (χ0) is 13.8. The number of nitrogens with zero attached hydrogens (tertiary/aromatic N) is 3. The van der Waals surface area contributed by atoms with Crippen molar-refractivity contribution >= 4 is 17.2 Å². The lowest BCUT2D eigenvalue weighted by molar-refractivity contribution is 0.174. The first-order valence-electron chi connectivity index (χ1n) is 5.07. The van der Waals surface area contributed by atoms with Crippen LogP contribution in [0.15, 0.2) is 17.2 Å². The van der Waals surface area contributed by atoms with Crippen LogP contribution < -0.4 is 20.6 Å². The second kappa shape index (κ2) is 4.94. The van der Waals surface area contributed by atoms with Gasteiger partial charge in [0, 0.05) is 12.1 Å². The first-order valence-corrected chi connectivity index (χ1v) is 5.07. The van der Waals surface area contributed by atoms with Gasteiger partial charge in [0.1, 0.15) is 12.1 Å². The Morgan fingerprint density at radius 1 is 1.37 bits per heavy atom. The van der Waals surface area contributed by atoms with Gasteiger partial charge in [0.05, 0.1) is 11.3 Å². The van der Waals surface area contributed by atoms with E-state index in [1.165, 1.54) is 12.1 Å². The number of fused-ring (bicyclic) bond motifs is 1. The monoisotopic (exact) mass is 256 g/mol. The molecule has 1 aliphatic heterocycles. The van der Waals surface area contributed by atoms with Crippen LogP contribution in [0.5, 0.6) is 11.5 Å². The highest BCUT2D eigenvalue weighted by molar-refractivity contribution is 6.45. The number of benzene rings is 1. The van der Waals surface area contributed by atoms with Crippen molar-refractivity contribution in [2.75, 3.05) is 12.2 Å². The molecule has 0 unspecified atom stereocenters. The largest absolute Gasteiger partial charge is 0.454 e. The molecule has 4 N–H and O–H groups in total. The third-order valence-electron chi connectivity index (χ3n) is 2.28. The van der Waals surface area contributed by atoms with Crippen LogP contribution in [0, 0.1) is 28.1 Å². The molecule has 0 bridgehead atoms. The zero-order valence-corrected chi connectivity index (χ0v) is 9.60. The molecule has 8 heteroatoms. The standard InChI is InChI=1S/C11H8N6O2/c12-3-6-1-9-10(19-5-18-9)2-7(6)16-17-8(4-13)11(14)15/h1-2,16H,5H2,(H3,14,15)/b17-8+. The van der Waals surface area contributed by atoms with E-state index in [-0.39, 0.29) is 18.1 Å². The minimum atomic E-state index is -0.464. The molecule has 0 atom stereocenters. The molecule has 0 radical (unpaired) electrons. The van der Waals surface area contributed by atoms with Crippen LogP contribution in [-0.2, 0) is 0 Å². The lowest BCUT2D eigenvalue weighted by atomic mass is 10.2. The maximum atomic E-state index is 9.01. The number of hydrogen-bond donors (Lipinski definition) is 3. The van der Waals surface area contributed by atoms with E-state index in [0.717, 1.165) is 0 Å². The Kier molecular flexibility index (Phi) is 3.17. The van der Waals surface area contributed by atoms with Gasteiger partial charge in [0.25, 0.3) is 0 Å². The zero-order valence-electron chi connectivity index (χ0n) is 9.60. The minimum absolute atomic E-state index is 0.0871. The third-order valence-corrected chi connectivity index (χ3v) is 2.28. The van der Waals surface area contributed by atoms with Crippen LogP contribution in [-0.4, -0.2) is 18.3 Å². The highest BCUT2D eigenvalue weighted by Crippen LogP contribution is 2.36. The summed E-state index contributed by atoms with van der Waals surface area (Å²) in [6.07, 6.45) is 0. The first kappa shape index (κ1) is 12.2. The summed E-state index contributed by atoms with van der Waals surface area (Å²) in [6, 6.07) is 6.65.